The highest BCUT2D eigenvalue weighted by Gasteiger charge is 2.23. The highest BCUT2D eigenvalue weighted by Crippen LogP contribution is 2.42. The van der Waals surface area contributed by atoms with Gasteiger partial charge in [0, 0.05) is 21.2 Å². The van der Waals surface area contributed by atoms with Crippen LogP contribution >= 0.6 is 15.9 Å². The lowest BCUT2D eigenvalue weighted by Gasteiger charge is -2.24. The van der Waals surface area contributed by atoms with Crippen molar-refractivity contribution in [2.75, 3.05) is 12.8 Å². The lowest BCUT2D eigenvalue weighted by molar-refractivity contribution is 0.399. The number of aromatic nitrogens is 2. The number of anilines is 1. The van der Waals surface area contributed by atoms with E-state index in [0.717, 1.165) is 26.9 Å². The summed E-state index contributed by atoms with van der Waals surface area (Å²) in [4.78, 5) is 0. The smallest absolute Gasteiger partial charge is 0.130 e. The molecule has 0 fully saturated rings. The molecule has 4 nitrogen and oxygen atoms in total. The zero-order chi connectivity index (χ0) is 14.2. The molecule has 19 heavy (non-hydrogen) atoms. The molecular weight excluding hydrogens is 306 g/mol. The molecule has 1 heterocycles. The Morgan fingerprint density at radius 1 is 1.26 bits per heavy atom. The number of benzene rings is 1. The molecule has 0 aliphatic heterocycles. The zero-order valence-corrected chi connectivity index (χ0v) is 13.1. The lowest BCUT2D eigenvalue weighted by atomic mass is 9.84. The number of halogens is 1. The molecule has 0 saturated carbocycles. The first-order valence-corrected chi connectivity index (χ1v) is 6.81. The van der Waals surface area contributed by atoms with Gasteiger partial charge in [0.1, 0.15) is 11.6 Å². The van der Waals surface area contributed by atoms with E-state index in [2.05, 4.69) is 53.0 Å². The van der Waals surface area contributed by atoms with E-state index in [4.69, 9.17) is 10.5 Å². The average molecular weight is 324 g/mol. The van der Waals surface area contributed by atoms with Crippen molar-refractivity contribution in [2.45, 2.75) is 26.2 Å². The largest absolute Gasteiger partial charge is 0.496 e. The second-order valence-electron chi connectivity index (χ2n) is 5.48. The highest BCUT2D eigenvalue weighted by atomic mass is 79.9. The second-order valence-corrected chi connectivity index (χ2v) is 6.40. The van der Waals surface area contributed by atoms with Crippen LogP contribution in [0.25, 0.3) is 11.1 Å². The predicted octanol–water partition coefficient (Wildman–Crippen LogP) is 3.73. The van der Waals surface area contributed by atoms with Gasteiger partial charge in [0.05, 0.1) is 13.3 Å². The third kappa shape index (κ3) is 2.61. The molecule has 0 aliphatic carbocycles. The van der Waals surface area contributed by atoms with Gasteiger partial charge in [-0.25, -0.2) is 0 Å². The Balaban J connectivity index is 2.75. The van der Waals surface area contributed by atoms with Crippen LogP contribution in [0.2, 0.25) is 0 Å². The van der Waals surface area contributed by atoms with E-state index in [0.29, 0.717) is 5.82 Å². The van der Waals surface area contributed by atoms with Crippen LogP contribution in [0, 0.1) is 0 Å². The number of nitrogens with two attached hydrogens (primary N) is 1. The molecule has 3 N–H and O–H groups in total. The summed E-state index contributed by atoms with van der Waals surface area (Å²) < 4.78 is 6.61. The second kappa shape index (κ2) is 4.89. The quantitative estimate of drug-likeness (QED) is 0.885. The minimum atomic E-state index is -0.0254. The Kier molecular flexibility index (Phi) is 3.58. The van der Waals surface area contributed by atoms with Crippen molar-refractivity contribution in [3.63, 3.8) is 0 Å². The van der Waals surface area contributed by atoms with E-state index in [-0.39, 0.29) is 5.41 Å². The fraction of sp³-hybridized carbons (Fsp3) is 0.357. The molecule has 1 aromatic heterocycles. The molecule has 0 unspecified atom stereocenters. The zero-order valence-electron chi connectivity index (χ0n) is 11.5. The molecule has 102 valence electrons. The molecule has 0 bridgehead atoms. The van der Waals surface area contributed by atoms with Crippen LogP contribution in [0.4, 0.5) is 5.82 Å². The molecule has 2 rings (SSSR count). The monoisotopic (exact) mass is 323 g/mol. The van der Waals surface area contributed by atoms with Gasteiger partial charge < -0.3 is 10.5 Å². The Morgan fingerprint density at radius 2 is 1.95 bits per heavy atom. The van der Waals surface area contributed by atoms with Crippen molar-refractivity contribution in [2.24, 2.45) is 0 Å². The summed E-state index contributed by atoms with van der Waals surface area (Å²) in [6, 6.07) is 4.08. The molecule has 0 radical (unpaired) electrons. The van der Waals surface area contributed by atoms with Crippen LogP contribution in [0.15, 0.2) is 22.8 Å². The average Bonchev–Trinajstić information content (AvgIpc) is 2.73. The Bertz CT molecular complexity index is 599. The molecule has 0 aliphatic rings. The van der Waals surface area contributed by atoms with Crippen LogP contribution in [0.3, 0.4) is 0 Å². The van der Waals surface area contributed by atoms with Crippen molar-refractivity contribution in [3.05, 3.63) is 28.4 Å². The van der Waals surface area contributed by atoms with Gasteiger partial charge in [-0.2, -0.15) is 5.10 Å². The van der Waals surface area contributed by atoms with Crippen LogP contribution in [-0.2, 0) is 5.41 Å². The fourth-order valence-corrected chi connectivity index (χ4v) is 2.54. The van der Waals surface area contributed by atoms with E-state index in [1.54, 1.807) is 13.3 Å². The Hall–Kier alpha value is -1.49. The molecular formula is C14H18BrN3O. The minimum absolute atomic E-state index is 0.0254. The number of rotatable bonds is 2. The fourth-order valence-electron chi connectivity index (χ4n) is 2.08. The van der Waals surface area contributed by atoms with E-state index < -0.39 is 0 Å². The van der Waals surface area contributed by atoms with Crippen LogP contribution in [0.1, 0.15) is 26.3 Å². The number of aromatic amines is 1. The number of nitrogens with one attached hydrogen (secondary N) is 1. The minimum Gasteiger partial charge on any atom is -0.496 e. The summed E-state index contributed by atoms with van der Waals surface area (Å²) in [7, 11) is 1.68. The number of methoxy groups -OCH3 is 1. The number of H-pyrrole nitrogens is 1. The van der Waals surface area contributed by atoms with Gasteiger partial charge in [-0.1, -0.05) is 36.7 Å². The van der Waals surface area contributed by atoms with E-state index in [9.17, 15) is 0 Å². The van der Waals surface area contributed by atoms with E-state index in [1.165, 1.54) is 0 Å². The van der Waals surface area contributed by atoms with Gasteiger partial charge in [-0.3, -0.25) is 5.10 Å². The summed E-state index contributed by atoms with van der Waals surface area (Å²) in [6.45, 7) is 6.46. The summed E-state index contributed by atoms with van der Waals surface area (Å²) in [5.41, 5.74) is 8.80. The van der Waals surface area contributed by atoms with Gasteiger partial charge in [0.25, 0.3) is 0 Å². The molecule has 5 heteroatoms. The Labute approximate surface area is 121 Å². The number of nitrogens with zero attached hydrogens (tertiary/aromatic N) is 1. The van der Waals surface area contributed by atoms with Gasteiger partial charge >= 0.3 is 0 Å². The molecule has 0 saturated heterocycles. The van der Waals surface area contributed by atoms with Crippen molar-refractivity contribution in [3.8, 4) is 16.9 Å². The topological polar surface area (TPSA) is 63.9 Å². The first kappa shape index (κ1) is 13.9. The standard InChI is InChI=1S/C14H18BrN3O/c1-14(2,3)11-6-8(15)5-9(12(11)19-4)10-7-17-18-13(10)16/h5-7H,1-4H3,(H3,16,17,18). The Morgan fingerprint density at radius 3 is 2.42 bits per heavy atom. The van der Waals surface area contributed by atoms with Crippen LogP contribution < -0.4 is 10.5 Å². The molecule has 2 aromatic rings. The maximum absolute atomic E-state index is 5.92. The highest BCUT2D eigenvalue weighted by molar-refractivity contribution is 9.10. The third-order valence-electron chi connectivity index (χ3n) is 3.02. The molecule has 1 aromatic carbocycles. The molecule has 0 spiro atoms. The van der Waals surface area contributed by atoms with E-state index in [1.807, 2.05) is 6.07 Å². The van der Waals surface area contributed by atoms with E-state index >= 15 is 0 Å². The first-order chi connectivity index (χ1) is 8.84. The molecule has 0 amide bonds. The predicted molar refractivity (Wildman–Crippen MR) is 81.4 cm³/mol. The van der Waals surface area contributed by atoms with Gasteiger partial charge in [0.2, 0.25) is 0 Å². The SMILES string of the molecule is COc1c(-c2cn[nH]c2N)cc(Br)cc1C(C)(C)C. The summed E-state index contributed by atoms with van der Waals surface area (Å²) in [5, 5.41) is 6.73. The lowest BCUT2D eigenvalue weighted by Crippen LogP contribution is -2.13. The van der Waals surface area contributed by atoms with Gasteiger partial charge in [-0.15, -0.1) is 0 Å². The van der Waals surface area contributed by atoms with Crippen molar-refractivity contribution < 1.29 is 4.74 Å². The number of hydrogen-bond acceptors (Lipinski definition) is 3. The van der Waals surface area contributed by atoms with Gasteiger partial charge in [0.15, 0.2) is 0 Å². The third-order valence-corrected chi connectivity index (χ3v) is 3.48. The van der Waals surface area contributed by atoms with Crippen LogP contribution in [0.5, 0.6) is 5.75 Å². The van der Waals surface area contributed by atoms with Crippen LogP contribution in [-0.4, -0.2) is 17.3 Å². The maximum atomic E-state index is 5.92. The first-order valence-electron chi connectivity index (χ1n) is 6.02. The number of hydrogen-bond donors (Lipinski definition) is 2. The molecule has 0 atom stereocenters. The van der Waals surface area contributed by atoms with Crippen molar-refractivity contribution in [1.82, 2.24) is 10.2 Å². The van der Waals surface area contributed by atoms with Gasteiger partial charge in [-0.05, 0) is 17.5 Å². The number of ether oxygens (including phenoxy) is 1. The van der Waals surface area contributed by atoms with Crippen molar-refractivity contribution >= 4 is 21.7 Å². The van der Waals surface area contributed by atoms with Crippen molar-refractivity contribution in [1.29, 1.82) is 0 Å². The normalized spacial score (nSPS) is 11.6. The number of nitrogen functional groups attached to an aromatic ring is 1. The summed E-state index contributed by atoms with van der Waals surface area (Å²) >= 11 is 3.55. The summed E-state index contributed by atoms with van der Waals surface area (Å²) in [5.74, 6) is 1.38. The summed E-state index contributed by atoms with van der Waals surface area (Å²) in [6.07, 6.45) is 1.71. The maximum Gasteiger partial charge on any atom is 0.130 e.